The minimum atomic E-state index is -0.236. The van der Waals surface area contributed by atoms with Crippen LogP contribution in [0.1, 0.15) is 18.4 Å². The van der Waals surface area contributed by atoms with E-state index in [-0.39, 0.29) is 18.3 Å². The summed E-state index contributed by atoms with van der Waals surface area (Å²) in [5.41, 5.74) is 1.99. The zero-order chi connectivity index (χ0) is 11.0. The Labute approximate surface area is 88.0 Å². The molecule has 2 rings (SSSR count). The van der Waals surface area contributed by atoms with Crippen LogP contribution in [0.3, 0.4) is 0 Å². The number of aryl methyl sites for hydroxylation is 1. The SMILES string of the molecule is CC(CO)c1cn(C)c2ccc(F)cc12. The van der Waals surface area contributed by atoms with Gasteiger partial charge >= 0.3 is 0 Å². The molecule has 0 bridgehead atoms. The first-order valence-electron chi connectivity index (χ1n) is 4.99. The molecule has 1 heterocycles. The first-order valence-corrected chi connectivity index (χ1v) is 4.99. The Morgan fingerprint density at radius 2 is 2.20 bits per heavy atom. The van der Waals surface area contributed by atoms with Gasteiger partial charge in [0.05, 0.1) is 0 Å². The van der Waals surface area contributed by atoms with Crippen molar-refractivity contribution in [3.63, 3.8) is 0 Å². The van der Waals surface area contributed by atoms with Gasteiger partial charge in [0.2, 0.25) is 0 Å². The molecule has 0 aliphatic rings. The van der Waals surface area contributed by atoms with Crippen molar-refractivity contribution in [1.82, 2.24) is 4.57 Å². The summed E-state index contributed by atoms with van der Waals surface area (Å²) in [6.07, 6.45) is 1.95. The van der Waals surface area contributed by atoms with E-state index in [1.807, 2.05) is 24.7 Å². The van der Waals surface area contributed by atoms with Gasteiger partial charge in [0.15, 0.2) is 0 Å². The highest BCUT2D eigenvalue weighted by molar-refractivity contribution is 5.84. The highest BCUT2D eigenvalue weighted by Gasteiger charge is 2.12. The van der Waals surface area contributed by atoms with Crippen LogP contribution in [0.25, 0.3) is 10.9 Å². The smallest absolute Gasteiger partial charge is 0.123 e. The molecule has 1 atom stereocenters. The van der Waals surface area contributed by atoms with E-state index in [4.69, 9.17) is 5.11 Å². The normalized spacial score (nSPS) is 13.3. The van der Waals surface area contributed by atoms with Crippen LogP contribution >= 0.6 is 0 Å². The van der Waals surface area contributed by atoms with Crippen LogP contribution in [0.15, 0.2) is 24.4 Å². The van der Waals surface area contributed by atoms with Gasteiger partial charge in [0.25, 0.3) is 0 Å². The maximum absolute atomic E-state index is 13.1. The van der Waals surface area contributed by atoms with E-state index in [2.05, 4.69) is 0 Å². The van der Waals surface area contributed by atoms with Gasteiger partial charge in [0.1, 0.15) is 5.82 Å². The topological polar surface area (TPSA) is 25.2 Å². The number of halogens is 1. The van der Waals surface area contributed by atoms with E-state index >= 15 is 0 Å². The third kappa shape index (κ3) is 1.63. The Hall–Kier alpha value is -1.35. The molecule has 2 nitrogen and oxygen atoms in total. The summed E-state index contributed by atoms with van der Waals surface area (Å²) in [4.78, 5) is 0. The lowest BCUT2D eigenvalue weighted by molar-refractivity contribution is 0.273. The van der Waals surface area contributed by atoms with Gasteiger partial charge in [-0.15, -0.1) is 0 Å². The van der Waals surface area contributed by atoms with Gasteiger partial charge in [-0.3, -0.25) is 0 Å². The molecular formula is C12H14FNO. The Bertz CT molecular complexity index is 490. The molecule has 15 heavy (non-hydrogen) atoms. The number of hydrogen-bond donors (Lipinski definition) is 1. The lowest BCUT2D eigenvalue weighted by Crippen LogP contribution is -1.97. The molecule has 0 spiro atoms. The molecule has 0 fully saturated rings. The number of hydrogen-bond acceptors (Lipinski definition) is 1. The molecule has 2 aromatic rings. The molecule has 80 valence electrons. The molecule has 1 aromatic carbocycles. The number of benzene rings is 1. The summed E-state index contributed by atoms with van der Waals surface area (Å²) in [6, 6.07) is 4.74. The van der Waals surface area contributed by atoms with E-state index in [1.54, 1.807) is 6.07 Å². The average molecular weight is 207 g/mol. The monoisotopic (exact) mass is 207 g/mol. The number of aromatic nitrogens is 1. The Morgan fingerprint density at radius 3 is 2.87 bits per heavy atom. The average Bonchev–Trinajstić information content (AvgIpc) is 2.54. The van der Waals surface area contributed by atoms with Crippen LogP contribution in [0.5, 0.6) is 0 Å². The maximum atomic E-state index is 13.1. The summed E-state index contributed by atoms with van der Waals surface area (Å²) in [7, 11) is 1.92. The first-order chi connectivity index (χ1) is 7.13. The van der Waals surface area contributed by atoms with Crippen molar-refractivity contribution in [2.75, 3.05) is 6.61 Å². The van der Waals surface area contributed by atoms with E-state index in [1.165, 1.54) is 12.1 Å². The molecule has 1 aromatic heterocycles. The van der Waals surface area contributed by atoms with E-state index in [0.29, 0.717) is 0 Å². The largest absolute Gasteiger partial charge is 0.396 e. The molecule has 0 aliphatic heterocycles. The lowest BCUT2D eigenvalue weighted by atomic mass is 10.0. The molecule has 0 aliphatic carbocycles. The Balaban J connectivity index is 2.69. The number of aliphatic hydroxyl groups excluding tert-OH is 1. The number of rotatable bonds is 2. The third-order valence-corrected chi connectivity index (χ3v) is 2.79. The number of aliphatic hydroxyl groups is 1. The highest BCUT2D eigenvalue weighted by Crippen LogP contribution is 2.27. The van der Waals surface area contributed by atoms with Gasteiger partial charge in [-0.1, -0.05) is 6.92 Å². The van der Waals surface area contributed by atoms with Crippen LogP contribution < -0.4 is 0 Å². The zero-order valence-electron chi connectivity index (χ0n) is 8.87. The second kappa shape index (κ2) is 3.66. The number of nitrogens with zero attached hydrogens (tertiary/aromatic N) is 1. The van der Waals surface area contributed by atoms with Crippen LogP contribution in [0.4, 0.5) is 4.39 Å². The van der Waals surface area contributed by atoms with Gasteiger partial charge in [-0.05, 0) is 23.8 Å². The Morgan fingerprint density at radius 1 is 1.47 bits per heavy atom. The summed E-state index contributed by atoms with van der Waals surface area (Å²) in [6.45, 7) is 2.01. The molecule has 0 saturated carbocycles. The summed E-state index contributed by atoms with van der Waals surface area (Å²) >= 11 is 0. The summed E-state index contributed by atoms with van der Waals surface area (Å²) in [5.74, 6) is -0.199. The second-order valence-electron chi connectivity index (χ2n) is 3.94. The van der Waals surface area contributed by atoms with Gasteiger partial charge < -0.3 is 9.67 Å². The number of fused-ring (bicyclic) bond motifs is 1. The van der Waals surface area contributed by atoms with Gasteiger partial charge in [-0.2, -0.15) is 0 Å². The molecule has 0 amide bonds. The van der Waals surface area contributed by atoms with Crippen LogP contribution in [0, 0.1) is 5.82 Å². The van der Waals surface area contributed by atoms with Crippen molar-refractivity contribution in [2.24, 2.45) is 7.05 Å². The van der Waals surface area contributed by atoms with Crippen molar-refractivity contribution >= 4 is 10.9 Å². The van der Waals surface area contributed by atoms with Gasteiger partial charge in [-0.25, -0.2) is 4.39 Å². The molecule has 0 radical (unpaired) electrons. The van der Waals surface area contributed by atoms with E-state index < -0.39 is 0 Å². The summed E-state index contributed by atoms with van der Waals surface area (Å²) < 4.78 is 15.1. The maximum Gasteiger partial charge on any atom is 0.123 e. The fourth-order valence-corrected chi connectivity index (χ4v) is 1.89. The lowest BCUT2D eigenvalue weighted by Gasteiger charge is -2.05. The zero-order valence-corrected chi connectivity index (χ0v) is 8.87. The standard InChI is InChI=1S/C12H14FNO/c1-8(7-15)11-6-14(2)12-4-3-9(13)5-10(11)12/h3-6,8,15H,7H2,1-2H3. The van der Waals surface area contributed by atoms with Crippen molar-refractivity contribution in [2.45, 2.75) is 12.8 Å². The van der Waals surface area contributed by atoms with Crippen molar-refractivity contribution in [1.29, 1.82) is 0 Å². The second-order valence-corrected chi connectivity index (χ2v) is 3.94. The summed E-state index contributed by atoms with van der Waals surface area (Å²) in [5, 5.41) is 10.0. The predicted molar refractivity (Wildman–Crippen MR) is 58.4 cm³/mol. The molecule has 1 unspecified atom stereocenters. The predicted octanol–water partition coefficient (Wildman–Crippen LogP) is 2.41. The van der Waals surface area contributed by atoms with Crippen LogP contribution in [-0.4, -0.2) is 16.3 Å². The van der Waals surface area contributed by atoms with E-state index in [9.17, 15) is 4.39 Å². The van der Waals surface area contributed by atoms with Crippen LogP contribution in [-0.2, 0) is 7.05 Å². The fourth-order valence-electron chi connectivity index (χ4n) is 1.89. The van der Waals surface area contributed by atoms with Crippen LogP contribution in [0.2, 0.25) is 0 Å². The van der Waals surface area contributed by atoms with Crippen molar-refractivity contribution in [3.05, 3.63) is 35.8 Å². The van der Waals surface area contributed by atoms with E-state index in [0.717, 1.165) is 16.5 Å². The van der Waals surface area contributed by atoms with Crippen molar-refractivity contribution < 1.29 is 9.50 Å². The highest BCUT2D eigenvalue weighted by atomic mass is 19.1. The third-order valence-electron chi connectivity index (χ3n) is 2.79. The first kappa shape index (κ1) is 10.2. The molecular weight excluding hydrogens is 193 g/mol. The van der Waals surface area contributed by atoms with Crippen molar-refractivity contribution in [3.8, 4) is 0 Å². The quantitative estimate of drug-likeness (QED) is 0.803. The fraction of sp³-hybridized carbons (Fsp3) is 0.333. The molecule has 0 saturated heterocycles. The molecule has 1 N–H and O–H groups in total. The minimum Gasteiger partial charge on any atom is -0.396 e. The Kier molecular flexibility index (Phi) is 2.49. The molecule has 3 heteroatoms. The minimum absolute atomic E-state index is 0.0375. The van der Waals surface area contributed by atoms with Gasteiger partial charge in [0, 0.05) is 36.7 Å².